The van der Waals surface area contributed by atoms with Crippen LogP contribution in [0.2, 0.25) is 10.0 Å². The van der Waals surface area contributed by atoms with Crippen LogP contribution in [0.5, 0.6) is 0 Å². The van der Waals surface area contributed by atoms with Gasteiger partial charge in [0.05, 0.1) is 36.1 Å². The van der Waals surface area contributed by atoms with E-state index in [1.807, 2.05) is 0 Å². The molecule has 2 N–H and O–H groups in total. The van der Waals surface area contributed by atoms with Gasteiger partial charge in [-0.3, -0.25) is 0 Å². The fraction of sp³-hybridized carbons (Fsp3) is 0.118. The van der Waals surface area contributed by atoms with Gasteiger partial charge in [0.2, 0.25) is 0 Å². The molecule has 26 heavy (non-hydrogen) atoms. The number of thiocarbonyl (C=S) groups is 1. The molecule has 0 bridgehead atoms. The predicted molar refractivity (Wildman–Crippen MR) is 105 cm³/mol. The fourth-order valence-electron chi connectivity index (χ4n) is 2.05. The zero-order valence-electron chi connectivity index (χ0n) is 13.8. The molecule has 0 aliphatic carbocycles. The highest BCUT2D eigenvalue weighted by Crippen LogP contribution is 2.26. The molecule has 0 atom stereocenters. The lowest BCUT2D eigenvalue weighted by molar-refractivity contribution is 0.0599. The number of methoxy groups -OCH3 is 2. The zero-order chi connectivity index (χ0) is 19.3. The highest BCUT2D eigenvalue weighted by atomic mass is 35.5. The van der Waals surface area contributed by atoms with E-state index in [0.29, 0.717) is 21.4 Å². The van der Waals surface area contributed by atoms with Crippen LogP contribution in [0, 0.1) is 0 Å². The number of benzene rings is 2. The molecule has 0 fully saturated rings. The third-order valence-electron chi connectivity index (χ3n) is 3.21. The van der Waals surface area contributed by atoms with Gasteiger partial charge in [0, 0.05) is 10.7 Å². The van der Waals surface area contributed by atoms with Crippen molar-refractivity contribution in [2.24, 2.45) is 0 Å². The first-order valence-corrected chi connectivity index (χ1v) is 8.35. The molecule has 0 aromatic heterocycles. The largest absolute Gasteiger partial charge is 0.465 e. The van der Waals surface area contributed by atoms with Crippen LogP contribution in [0.1, 0.15) is 20.7 Å². The van der Waals surface area contributed by atoms with Crippen molar-refractivity contribution in [3.8, 4) is 0 Å². The second-order valence-corrected chi connectivity index (χ2v) is 6.24. The minimum absolute atomic E-state index is 0.168. The van der Waals surface area contributed by atoms with Crippen molar-refractivity contribution < 1.29 is 19.1 Å². The molecule has 6 nitrogen and oxygen atoms in total. The summed E-state index contributed by atoms with van der Waals surface area (Å²) in [6, 6.07) is 9.24. The molecule has 2 aromatic carbocycles. The highest BCUT2D eigenvalue weighted by Gasteiger charge is 2.14. The van der Waals surface area contributed by atoms with E-state index in [1.165, 1.54) is 32.4 Å². The molecule has 0 radical (unpaired) electrons. The fourth-order valence-corrected chi connectivity index (χ4v) is 2.61. The van der Waals surface area contributed by atoms with Gasteiger partial charge in [0.1, 0.15) is 0 Å². The SMILES string of the molecule is COC(=O)c1cc(NC(=S)Nc2cc(Cl)ccc2Cl)cc(C(=O)OC)c1. The lowest BCUT2D eigenvalue weighted by atomic mass is 10.1. The monoisotopic (exact) mass is 412 g/mol. The molecule has 0 unspecified atom stereocenters. The van der Waals surface area contributed by atoms with E-state index in [-0.39, 0.29) is 16.2 Å². The van der Waals surface area contributed by atoms with E-state index in [2.05, 4.69) is 20.1 Å². The third kappa shape index (κ3) is 5.08. The van der Waals surface area contributed by atoms with Crippen LogP contribution in [-0.4, -0.2) is 31.3 Å². The lowest BCUT2D eigenvalue weighted by Crippen LogP contribution is -2.20. The van der Waals surface area contributed by atoms with Gasteiger partial charge in [-0.15, -0.1) is 0 Å². The first kappa shape index (κ1) is 20.0. The first-order valence-electron chi connectivity index (χ1n) is 7.19. The molecule has 0 amide bonds. The molecule has 0 saturated carbocycles. The molecule has 0 saturated heterocycles. The summed E-state index contributed by atoms with van der Waals surface area (Å²) in [5.41, 5.74) is 1.24. The van der Waals surface area contributed by atoms with Gasteiger partial charge in [-0.05, 0) is 48.6 Å². The van der Waals surface area contributed by atoms with Crippen LogP contribution < -0.4 is 10.6 Å². The van der Waals surface area contributed by atoms with E-state index in [0.717, 1.165) is 0 Å². The van der Waals surface area contributed by atoms with Crippen LogP contribution in [0.25, 0.3) is 0 Å². The normalized spacial score (nSPS) is 10.0. The summed E-state index contributed by atoms with van der Waals surface area (Å²) in [5.74, 6) is -1.20. The molecule has 0 aliphatic rings. The number of carbonyl (C=O) groups excluding carboxylic acids is 2. The smallest absolute Gasteiger partial charge is 0.337 e. The van der Waals surface area contributed by atoms with Crippen LogP contribution in [0.15, 0.2) is 36.4 Å². The van der Waals surface area contributed by atoms with Crippen molar-refractivity contribution >= 4 is 63.8 Å². The Kier molecular flexibility index (Phi) is 6.79. The summed E-state index contributed by atoms with van der Waals surface area (Å²) in [6.07, 6.45) is 0. The zero-order valence-corrected chi connectivity index (χ0v) is 16.1. The van der Waals surface area contributed by atoms with Crippen molar-refractivity contribution in [3.05, 3.63) is 57.6 Å². The molecule has 0 spiro atoms. The molecule has 136 valence electrons. The van der Waals surface area contributed by atoms with Gasteiger partial charge in [-0.1, -0.05) is 23.2 Å². The van der Waals surface area contributed by atoms with Gasteiger partial charge < -0.3 is 20.1 Å². The number of hydrogen-bond acceptors (Lipinski definition) is 5. The number of rotatable bonds is 4. The minimum Gasteiger partial charge on any atom is -0.465 e. The number of halogens is 2. The van der Waals surface area contributed by atoms with Crippen molar-refractivity contribution in [3.63, 3.8) is 0 Å². The van der Waals surface area contributed by atoms with E-state index >= 15 is 0 Å². The minimum atomic E-state index is -0.601. The predicted octanol–water partition coefficient (Wildman–Crippen LogP) is 4.38. The Hall–Kier alpha value is -2.35. The Morgan fingerprint density at radius 1 is 0.923 bits per heavy atom. The average Bonchev–Trinajstić information content (AvgIpc) is 2.62. The number of hydrogen-bond donors (Lipinski definition) is 2. The van der Waals surface area contributed by atoms with Gasteiger partial charge in [-0.2, -0.15) is 0 Å². The molecule has 0 heterocycles. The molecule has 9 heteroatoms. The van der Waals surface area contributed by atoms with Crippen LogP contribution >= 0.6 is 35.4 Å². The van der Waals surface area contributed by atoms with E-state index in [1.54, 1.807) is 18.2 Å². The van der Waals surface area contributed by atoms with Gasteiger partial charge in [-0.25, -0.2) is 9.59 Å². The topological polar surface area (TPSA) is 76.7 Å². The molecular weight excluding hydrogens is 399 g/mol. The van der Waals surface area contributed by atoms with Crippen molar-refractivity contribution in [1.82, 2.24) is 0 Å². The quantitative estimate of drug-likeness (QED) is 0.569. The molecule has 0 aliphatic heterocycles. The van der Waals surface area contributed by atoms with Crippen LogP contribution in [-0.2, 0) is 9.47 Å². The van der Waals surface area contributed by atoms with Crippen LogP contribution in [0.3, 0.4) is 0 Å². The number of anilines is 2. The number of nitrogens with one attached hydrogen (secondary N) is 2. The maximum atomic E-state index is 11.8. The number of carbonyl (C=O) groups is 2. The van der Waals surface area contributed by atoms with E-state index in [4.69, 9.17) is 35.4 Å². The first-order chi connectivity index (χ1) is 12.3. The molecular formula is C17H14Cl2N2O4S. The van der Waals surface area contributed by atoms with Gasteiger partial charge in [0.15, 0.2) is 5.11 Å². The molecule has 2 rings (SSSR count). The number of ether oxygens (including phenoxy) is 2. The second-order valence-electron chi connectivity index (χ2n) is 4.99. The summed E-state index contributed by atoms with van der Waals surface area (Å²) < 4.78 is 9.38. The standard InChI is InChI=1S/C17H14Cl2N2O4S/c1-24-15(22)9-5-10(16(23)25-2)7-12(6-9)20-17(26)21-14-8-11(18)3-4-13(14)19/h3-8H,1-2H3,(H2,20,21,26). The molecule has 2 aromatic rings. The third-order valence-corrected chi connectivity index (χ3v) is 3.98. The maximum absolute atomic E-state index is 11.8. The van der Waals surface area contributed by atoms with Crippen molar-refractivity contribution in [2.75, 3.05) is 24.9 Å². The summed E-state index contributed by atoms with van der Waals surface area (Å²) in [4.78, 5) is 23.6. The summed E-state index contributed by atoms with van der Waals surface area (Å²) in [7, 11) is 2.49. The summed E-state index contributed by atoms with van der Waals surface area (Å²) in [6.45, 7) is 0. The Bertz CT molecular complexity index is 840. The van der Waals surface area contributed by atoms with E-state index < -0.39 is 11.9 Å². The summed E-state index contributed by atoms with van der Waals surface area (Å²) in [5, 5.41) is 6.88. The Labute approximate surface area is 165 Å². The van der Waals surface area contributed by atoms with Gasteiger partial charge >= 0.3 is 11.9 Å². The van der Waals surface area contributed by atoms with E-state index in [9.17, 15) is 9.59 Å². The Balaban J connectivity index is 2.26. The average molecular weight is 413 g/mol. The maximum Gasteiger partial charge on any atom is 0.337 e. The Morgan fingerprint density at radius 2 is 1.50 bits per heavy atom. The number of esters is 2. The highest BCUT2D eigenvalue weighted by molar-refractivity contribution is 7.80. The summed E-state index contributed by atoms with van der Waals surface area (Å²) >= 11 is 17.3. The Morgan fingerprint density at radius 3 is 2.04 bits per heavy atom. The lowest BCUT2D eigenvalue weighted by Gasteiger charge is -2.13. The van der Waals surface area contributed by atoms with Crippen molar-refractivity contribution in [2.45, 2.75) is 0 Å². The second kappa shape index (κ2) is 8.84. The van der Waals surface area contributed by atoms with Crippen molar-refractivity contribution in [1.29, 1.82) is 0 Å². The van der Waals surface area contributed by atoms with Crippen LogP contribution in [0.4, 0.5) is 11.4 Å². The van der Waals surface area contributed by atoms with Gasteiger partial charge in [0.25, 0.3) is 0 Å².